The predicted octanol–water partition coefficient (Wildman–Crippen LogP) is 2.28. The summed E-state index contributed by atoms with van der Waals surface area (Å²) in [6.45, 7) is 3.92. The number of thiophene rings is 1. The minimum atomic E-state index is -0.321. The SMILES string of the molecule is CCOC(=O)C1CCCc2sc3nc(C)[nH]c(=O)c3c21. The zero-order valence-electron chi connectivity index (χ0n) is 11.5. The molecule has 1 aliphatic carbocycles. The van der Waals surface area contributed by atoms with Crippen molar-refractivity contribution < 1.29 is 9.53 Å². The Labute approximate surface area is 120 Å². The number of ether oxygens (including phenoxy) is 1. The van der Waals surface area contributed by atoms with Crippen molar-refractivity contribution in [2.45, 2.75) is 39.0 Å². The molecule has 5 nitrogen and oxygen atoms in total. The van der Waals surface area contributed by atoms with Gasteiger partial charge in [0.05, 0.1) is 17.9 Å². The first kappa shape index (κ1) is 13.3. The van der Waals surface area contributed by atoms with Crippen molar-refractivity contribution in [3.63, 3.8) is 0 Å². The van der Waals surface area contributed by atoms with Gasteiger partial charge in [-0.2, -0.15) is 0 Å². The molecule has 3 rings (SSSR count). The Morgan fingerprint density at radius 1 is 1.55 bits per heavy atom. The molecule has 0 radical (unpaired) electrons. The number of H-pyrrole nitrogens is 1. The van der Waals surface area contributed by atoms with Gasteiger partial charge < -0.3 is 9.72 Å². The highest BCUT2D eigenvalue weighted by Gasteiger charge is 2.32. The van der Waals surface area contributed by atoms with Gasteiger partial charge in [0, 0.05) is 4.88 Å². The summed E-state index contributed by atoms with van der Waals surface area (Å²) >= 11 is 1.53. The van der Waals surface area contributed by atoms with Crippen molar-refractivity contribution >= 4 is 27.5 Å². The van der Waals surface area contributed by atoms with Crippen LogP contribution >= 0.6 is 11.3 Å². The van der Waals surface area contributed by atoms with Crippen molar-refractivity contribution in [1.82, 2.24) is 9.97 Å². The van der Waals surface area contributed by atoms with Gasteiger partial charge in [0.1, 0.15) is 10.7 Å². The predicted molar refractivity (Wildman–Crippen MR) is 77.3 cm³/mol. The van der Waals surface area contributed by atoms with Gasteiger partial charge in [0.2, 0.25) is 0 Å². The largest absolute Gasteiger partial charge is 0.466 e. The van der Waals surface area contributed by atoms with E-state index in [0.29, 0.717) is 17.8 Å². The molecule has 6 heteroatoms. The highest BCUT2D eigenvalue weighted by Crippen LogP contribution is 2.40. The van der Waals surface area contributed by atoms with E-state index in [-0.39, 0.29) is 17.4 Å². The highest BCUT2D eigenvalue weighted by molar-refractivity contribution is 7.18. The number of aromatic amines is 1. The first-order chi connectivity index (χ1) is 9.61. The molecule has 1 unspecified atom stereocenters. The van der Waals surface area contributed by atoms with Crippen molar-refractivity contribution in [2.75, 3.05) is 6.61 Å². The Hall–Kier alpha value is -1.69. The lowest BCUT2D eigenvalue weighted by atomic mass is 9.86. The van der Waals surface area contributed by atoms with Crippen LogP contribution in [0.25, 0.3) is 10.2 Å². The second-order valence-corrected chi connectivity index (χ2v) is 6.05. The average Bonchev–Trinajstić information content (AvgIpc) is 2.76. The maximum atomic E-state index is 12.2. The van der Waals surface area contributed by atoms with Gasteiger partial charge in [-0.05, 0) is 38.7 Å². The number of nitrogens with one attached hydrogen (secondary N) is 1. The van der Waals surface area contributed by atoms with Crippen LogP contribution in [0, 0.1) is 6.92 Å². The number of aryl methyl sites for hydroxylation is 2. The van der Waals surface area contributed by atoms with E-state index in [1.807, 2.05) is 0 Å². The van der Waals surface area contributed by atoms with Gasteiger partial charge in [-0.1, -0.05) is 0 Å². The van der Waals surface area contributed by atoms with Crippen molar-refractivity contribution in [2.24, 2.45) is 0 Å². The van der Waals surface area contributed by atoms with E-state index in [9.17, 15) is 9.59 Å². The summed E-state index contributed by atoms with van der Waals surface area (Å²) in [7, 11) is 0. The van der Waals surface area contributed by atoms with Gasteiger partial charge in [-0.15, -0.1) is 11.3 Å². The van der Waals surface area contributed by atoms with Crippen LogP contribution in [0.15, 0.2) is 4.79 Å². The minimum absolute atomic E-state index is 0.152. The lowest BCUT2D eigenvalue weighted by Crippen LogP contribution is -2.21. The van der Waals surface area contributed by atoms with Crippen LogP contribution in [0.2, 0.25) is 0 Å². The molecule has 0 amide bonds. The Morgan fingerprint density at radius 2 is 2.35 bits per heavy atom. The third kappa shape index (κ3) is 2.04. The van der Waals surface area contributed by atoms with Crippen LogP contribution in [0.4, 0.5) is 0 Å². The topological polar surface area (TPSA) is 72.0 Å². The quantitative estimate of drug-likeness (QED) is 0.862. The monoisotopic (exact) mass is 292 g/mol. The van der Waals surface area contributed by atoms with Gasteiger partial charge in [0.25, 0.3) is 5.56 Å². The number of carbonyl (C=O) groups excluding carboxylic acids is 1. The first-order valence-electron chi connectivity index (χ1n) is 6.80. The number of fused-ring (bicyclic) bond motifs is 3. The van der Waals surface area contributed by atoms with E-state index in [1.54, 1.807) is 13.8 Å². The van der Waals surface area contributed by atoms with Crippen LogP contribution in [0.1, 0.15) is 41.9 Å². The maximum absolute atomic E-state index is 12.2. The van der Waals surface area contributed by atoms with Crippen LogP contribution in [0.5, 0.6) is 0 Å². The molecular formula is C14H16N2O3S. The minimum Gasteiger partial charge on any atom is -0.466 e. The number of rotatable bonds is 2. The lowest BCUT2D eigenvalue weighted by molar-refractivity contribution is -0.145. The number of nitrogens with zero attached hydrogens (tertiary/aromatic N) is 1. The van der Waals surface area contributed by atoms with E-state index in [4.69, 9.17) is 4.74 Å². The molecule has 2 aromatic heterocycles. The summed E-state index contributed by atoms with van der Waals surface area (Å²) < 4.78 is 5.15. The normalized spacial score (nSPS) is 18.0. The summed E-state index contributed by atoms with van der Waals surface area (Å²) in [5.74, 6) is 0.0555. The number of hydrogen-bond donors (Lipinski definition) is 1. The summed E-state index contributed by atoms with van der Waals surface area (Å²) in [6.07, 6.45) is 2.59. The fraction of sp³-hybridized carbons (Fsp3) is 0.500. The second kappa shape index (κ2) is 5.01. The van der Waals surface area contributed by atoms with Crippen molar-refractivity contribution in [1.29, 1.82) is 0 Å². The van der Waals surface area contributed by atoms with Gasteiger partial charge in [-0.3, -0.25) is 9.59 Å². The first-order valence-corrected chi connectivity index (χ1v) is 7.62. The molecule has 0 aliphatic heterocycles. The van der Waals surface area contributed by atoms with Gasteiger partial charge in [-0.25, -0.2) is 4.98 Å². The van der Waals surface area contributed by atoms with Crippen LogP contribution < -0.4 is 5.56 Å². The van der Waals surface area contributed by atoms with E-state index < -0.39 is 0 Å². The molecule has 0 fully saturated rings. The molecule has 106 valence electrons. The fourth-order valence-electron chi connectivity index (χ4n) is 2.83. The van der Waals surface area contributed by atoms with Gasteiger partial charge >= 0.3 is 5.97 Å². The van der Waals surface area contributed by atoms with E-state index in [0.717, 1.165) is 34.5 Å². The molecule has 1 atom stereocenters. The molecule has 1 N–H and O–H groups in total. The molecule has 0 spiro atoms. The van der Waals surface area contributed by atoms with Crippen LogP contribution in [0.3, 0.4) is 0 Å². The average molecular weight is 292 g/mol. The Kier molecular flexibility index (Phi) is 3.33. The van der Waals surface area contributed by atoms with Crippen LogP contribution in [-0.2, 0) is 16.0 Å². The summed E-state index contributed by atoms with van der Waals surface area (Å²) in [5, 5.41) is 0.577. The number of aromatic nitrogens is 2. The third-order valence-corrected chi connectivity index (χ3v) is 4.77. The molecule has 0 saturated carbocycles. The smallest absolute Gasteiger partial charge is 0.313 e. The Balaban J connectivity index is 2.22. The van der Waals surface area contributed by atoms with Crippen molar-refractivity contribution in [3.05, 3.63) is 26.6 Å². The van der Waals surface area contributed by atoms with Crippen molar-refractivity contribution in [3.8, 4) is 0 Å². The molecular weight excluding hydrogens is 276 g/mol. The second-order valence-electron chi connectivity index (χ2n) is 4.97. The number of hydrogen-bond acceptors (Lipinski definition) is 5. The molecule has 2 aromatic rings. The molecule has 0 aromatic carbocycles. The molecule has 2 heterocycles. The zero-order valence-corrected chi connectivity index (χ0v) is 12.3. The molecule has 1 aliphatic rings. The Bertz CT molecular complexity index is 732. The third-order valence-electron chi connectivity index (χ3n) is 3.61. The number of carbonyl (C=O) groups is 1. The van der Waals surface area contributed by atoms with E-state index in [2.05, 4.69) is 9.97 Å². The number of esters is 1. The van der Waals surface area contributed by atoms with Crippen LogP contribution in [-0.4, -0.2) is 22.5 Å². The Morgan fingerprint density at radius 3 is 3.10 bits per heavy atom. The molecule has 0 bridgehead atoms. The maximum Gasteiger partial charge on any atom is 0.313 e. The highest BCUT2D eigenvalue weighted by atomic mass is 32.1. The molecule has 0 saturated heterocycles. The summed E-state index contributed by atoms with van der Waals surface area (Å²) in [4.78, 5) is 33.3. The standard InChI is InChI=1S/C14H16N2O3S/c1-3-19-14(18)8-5-4-6-9-10(8)11-12(17)15-7(2)16-13(11)20-9/h8H,3-6H2,1-2H3,(H,15,16,17). The summed E-state index contributed by atoms with van der Waals surface area (Å²) in [6, 6.07) is 0. The van der Waals surface area contributed by atoms with Gasteiger partial charge in [0.15, 0.2) is 0 Å². The zero-order chi connectivity index (χ0) is 14.3. The summed E-state index contributed by atoms with van der Waals surface area (Å²) in [5.41, 5.74) is 0.699. The lowest BCUT2D eigenvalue weighted by Gasteiger charge is -2.20. The molecule has 20 heavy (non-hydrogen) atoms. The fourth-order valence-corrected chi connectivity index (χ4v) is 4.15. The van der Waals surface area contributed by atoms with E-state index in [1.165, 1.54) is 11.3 Å². The van der Waals surface area contributed by atoms with E-state index >= 15 is 0 Å².